The summed E-state index contributed by atoms with van der Waals surface area (Å²) < 4.78 is 26.6. The number of nitrogens with zero attached hydrogens (tertiary/aromatic N) is 2. The third-order valence-electron chi connectivity index (χ3n) is 7.11. The van der Waals surface area contributed by atoms with Gasteiger partial charge in [0, 0.05) is 44.8 Å². The number of carbonyl (C=O) groups is 3. The molecule has 0 bridgehead atoms. The third-order valence-corrected chi connectivity index (χ3v) is 7.11. The van der Waals surface area contributed by atoms with Gasteiger partial charge in [0.1, 0.15) is 17.9 Å². The fourth-order valence-corrected chi connectivity index (χ4v) is 4.91. The van der Waals surface area contributed by atoms with Gasteiger partial charge in [-0.15, -0.1) is 0 Å². The van der Waals surface area contributed by atoms with Gasteiger partial charge in [-0.25, -0.2) is 14.0 Å². The maximum Gasteiger partial charge on any atom is 0.410 e. The van der Waals surface area contributed by atoms with Crippen LogP contribution in [0.4, 0.5) is 9.18 Å². The molecule has 1 aliphatic heterocycles. The lowest BCUT2D eigenvalue weighted by molar-refractivity contribution is -0.132. The molecule has 0 aromatic heterocycles. The Labute approximate surface area is 223 Å². The molecule has 1 aliphatic carbocycles. The zero-order valence-corrected chi connectivity index (χ0v) is 22.6. The molecule has 8 heteroatoms. The molecule has 2 aromatic carbocycles. The second-order valence-corrected chi connectivity index (χ2v) is 11.4. The van der Waals surface area contributed by atoms with Gasteiger partial charge in [-0.05, 0) is 50.5 Å². The number of hydrogen-bond donors (Lipinski definition) is 0. The third kappa shape index (κ3) is 7.11. The highest BCUT2D eigenvalue weighted by Crippen LogP contribution is 2.46. The number of esters is 1. The van der Waals surface area contributed by atoms with Crippen molar-refractivity contribution in [3.63, 3.8) is 0 Å². The van der Waals surface area contributed by atoms with Gasteiger partial charge >= 0.3 is 12.1 Å². The lowest BCUT2D eigenvalue weighted by atomic mass is 9.92. The minimum absolute atomic E-state index is 0.0206. The van der Waals surface area contributed by atoms with Crippen LogP contribution in [0.15, 0.2) is 54.6 Å². The molecule has 2 aliphatic rings. The Kier molecular flexibility index (Phi) is 8.09. The van der Waals surface area contributed by atoms with Gasteiger partial charge in [-0.3, -0.25) is 4.79 Å². The van der Waals surface area contributed by atoms with E-state index in [1.54, 1.807) is 49.9 Å². The van der Waals surface area contributed by atoms with Crippen molar-refractivity contribution < 1.29 is 28.2 Å². The Balaban J connectivity index is 1.24. The molecule has 0 spiro atoms. The van der Waals surface area contributed by atoms with Crippen LogP contribution in [0.3, 0.4) is 0 Å². The van der Waals surface area contributed by atoms with Crippen LogP contribution in [-0.4, -0.2) is 64.7 Å². The van der Waals surface area contributed by atoms with Gasteiger partial charge in [0.05, 0.1) is 12.1 Å². The van der Waals surface area contributed by atoms with Gasteiger partial charge in [0.15, 0.2) is 0 Å². The molecule has 1 heterocycles. The minimum Gasteiger partial charge on any atom is -0.456 e. The standard InChI is InChI=1S/C30H37FN2O5/c1-21(34)33(26-18-25(26)23-8-6-5-7-9-23)20-30(31)14-16-32(17-15-30)28(36)37-19-22-10-12-24(13-11-22)27(35)38-29(2,3)4/h5-13,25-26H,14-20H2,1-4H3. The molecular weight excluding hydrogens is 487 g/mol. The van der Waals surface area contributed by atoms with E-state index >= 15 is 4.39 Å². The van der Waals surface area contributed by atoms with Crippen LogP contribution in [0.5, 0.6) is 0 Å². The number of piperidine rings is 1. The summed E-state index contributed by atoms with van der Waals surface area (Å²) in [4.78, 5) is 40.3. The molecule has 204 valence electrons. The molecular formula is C30H37FN2O5. The zero-order valence-electron chi connectivity index (χ0n) is 22.6. The number of amides is 2. The second-order valence-electron chi connectivity index (χ2n) is 11.4. The van der Waals surface area contributed by atoms with Crippen LogP contribution in [0.2, 0.25) is 0 Å². The Bertz CT molecular complexity index is 1140. The zero-order chi connectivity index (χ0) is 27.5. The van der Waals surface area contributed by atoms with E-state index in [0.29, 0.717) is 5.56 Å². The number of likely N-dealkylation sites (tertiary alicyclic amines) is 1. The molecule has 1 saturated heterocycles. The Morgan fingerprint density at radius 3 is 2.24 bits per heavy atom. The first-order valence-corrected chi connectivity index (χ1v) is 13.2. The van der Waals surface area contributed by atoms with Crippen LogP contribution in [0.25, 0.3) is 0 Å². The topological polar surface area (TPSA) is 76.2 Å². The number of benzene rings is 2. The maximum absolute atomic E-state index is 15.8. The van der Waals surface area contributed by atoms with Crippen molar-refractivity contribution in [3.8, 4) is 0 Å². The van der Waals surface area contributed by atoms with E-state index in [0.717, 1.165) is 12.0 Å². The first-order chi connectivity index (χ1) is 17.9. The van der Waals surface area contributed by atoms with Gasteiger partial charge in [-0.2, -0.15) is 0 Å². The number of rotatable bonds is 7. The number of carbonyl (C=O) groups excluding carboxylic acids is 3. The Hall–Kier alpha value is -3.42. The van der Waals surface area contributed by atoms with E-state index in [2.05, 4.69) is 0 Å². The average Bonchev–Trinajstić information content (AvgIpc) is 3.67. The highest BCUT2D eigenvalue weighted by Gasteiger charge is 2.47. The normalized spacial score (nSPS) is 20.4. The SMILES string of the molecule is CC(=O)N(CC1(F)CCN(C(=O)OCc2ccc(C(=O)OC(C)(C)C)cc2)CC1)C1CC1c1ccccc1. The molecule has 1 saturated carbocycles. The van der Waals surface area contributed by atoms with Gasteiger partial charge in [0.2, 0.25) is 5.91 Å². The van der Waals surface area contributed by atoms with E-state index < -0.39 is 23.3 Å². The highest BCUT2D eigenvalue weighted by atomic mass is 19.1. The molecule has 2 aromatic rings. The van der Waals surface area contributed by atoms with Gasteiger partial charge in [-0.1, -0.05) is 42.5 Å². The summed E-state index contributed by atoms with van der Waals surface area (Å²) in [5.74, 6) is -0.286. The van der Waals surface area contributed by atoms with E-state index in [9.17, 15) is 14.4 Å². The smallest absolute Gasteiger partial charge is 0.410 e. The van der Waals surface area contributed by atoms with Crippen molar-refractivity contribution >= 4 is 18.0 Å². The lowest BCUT2D eigenvalue weighted by Gasteiger charge is -2.38. The van der Waals surface area contributed by atoms with E-state index in [1.165, 1.54) is 17.4 Å². The summed E-state index contributed by atoms with van der Waals surface area (Å²) in [7, 11) is 0. The van der Waals surface area contributed by atoms with Crippen LogP contribution in [0.1, 0.15) is 74.4 Å². The van der Waals surface area contributed by atoms with E-state index in [-0.39, 0.29) is 56.9 Å². The molecule has 0 N–H and O–H groups in total. The summed E-state index contributed by atoms with van der Waals surface area (Å²) in [6, 6.07) is 16.7. The summed E-state index contributed by atoms with van der Waals surface area (Å²) in [6.07, 6.45) is 0.646. The first kappa shape index (κ1) is 27.6. The van der Waals surface area contributed by atoms with Crippen LogP contribution >= 0.6 is 0 Å². The molecule has 2 atom stereocenters. The van der Waals surface area contributed by atoms with Crippen LogP contribution in [-0.2, 0) is 20.9 Å². The molecule has 2 unspecified atom stereocenters. The van der Waals surface area contributed by atoms with Crippen molar-refractivity contribution in [1.82, 2.24) is 9.80 Å². The second kappa shape index (κ2) is 11.1. The highest BCUT2D eigenvalue weighted by molar-refractivity contribution is 5.89. The summed E-state index contributed by atoms with van der Waals surface area (Å²) >= 11 is 0. The summed E-state index contributed by atoms with van der Waals surface area (Å²) in [5.41, 5.74) is 0.213. The Morgan fingerprint density at radius 1 is 1.03 bits per heavy atom. The van der Waals surface area contributed by atoms with Crippen molar-refractivity contribution in [3.05, 3.63) is 71.3 Å². The monoisotopic (exact) mass is 524 g/mol. The number of ether oxygens (including phenoxy) is 2. The van der Waals surface area contributed by atoms with Crippen molar-refractivity contribution in [1.29, 1.82) is 0 Å². The van der Waals surface area contributed by atoms with E-state index in [4.69, 9.17) is 9.47 Å². The minimum atomic E-state index is -1.54. The molecule has 0 radical (unpaired) electrons. The molecule has 2 amide bonds. The van der Waals surface area contributed by atoms with Crippen LogP contribution in [0, 0.1) is 0 Å². The maximum atomic E-state index is 15.8. The van der Waals surface area contributed by atoms with Gasteiger partial charge in [0.25, 0.3) is 0 Å². The van der Waals surface area contributed by atoms with Crippen molar-refractivity contribution in [2.45, 2.75) is 76.8 Å². The quantitative estimate of drug-likeness (QED) is 0.448. The lowest BCUT2D eigenvalue weighted by Crippen LogP contribution is -2.51. The largest absolute Gasteiger partial charge is 0.456 e. The number of halogens is 1. The predicted molar refractivity (Wildman–Crippen MR) is 141 cm³/mol. The van der Waals surface area contributed by atoms with E-state index in [1.807, 2.05) is 30.3 Å². The number of alkyl halides is 1. The fourth-order valence-electron chi connectivity index (χ4n) is 4.91. The molecule has 7 nitrogen and oxygen atoms in total. The summed E-state index contributed by atoms with van der Waals surface area (Å²) in [5, 5.41) is 0. The summed E-state index contributed by atoms with van der Waals surface area (Å²) in [6.45, 7) is 7.46. The van der Waals surface area contributed by atoms with Gasteiger partial charge < -0.3 is 19.3 Å². The molecule has 38 heavy (non-hydrogen) atoms. The molecule has 4 rings (SSSR count). The van der Waals surface area contributed by atoms with Crippen LogP contribution < -0.4 is 0 Å². The molecule has 2 fully saturated rings. The van der Waals surface area contributed by atoms with Crippen molar-refractivity contribution in [2.24, 2.45) is 0 Å². The predicted octanol–water partition coefficient (Wildman–Crippen LogP) is 5.49. The average molecular weight is 525 g/mol. The Morgan fingerprint density at radius 2 is 1.66 bits per heavy atom. The fraction of sp³-hybridized carbons (Fsp3) is 0.500. The first-order valence-electron chi connectivity index (χ1n) is 13.2. The number of hydrogen-bond acceptors (Lipinski definition) is 5. The van der Waals surface area contributed by atoms with Crippen molar-refractivity contribution in [2.75, 3.05) is 19.6 Å².